The van der Waals surface area contributed by atoms with Gasteiger partial charge in [-0.1, -0.05) is 29.3 Å². The van der Waals surface area contributed by atoms with Gasteiger partial charge in [0.1, 0.15) is 6.10 Å². The number of halogens is 2. The number of benzene rings is 1. The van der Waals surface area contributed by atoms with Gasteiger partial charge in [0.25, 0.3) is 0 Å². The number of methoxy groups -OCH3 is 1. The summed E-state index contributed by atoms with van der Waals surface area (Å²) >= 11 is 12.0. The molecule has 0 aliphatic heterocycles. The van der Waals surface area contributed by atoms with Crippen molar-refractivity contribution in [2.45, 2.75) is 12.5 Å². The van der Waals surface area contributed by atoms with Crippen LogP contribution in [0.25, 0.3) is 0 Å². The zero-order chi connectivity index (χ0) is 13.8. The molecule has 2 rings (SSSR count). The van der Waals surface area contributed by atoms with Crippen molar-refractivity contribution in [2.75, 3.05) is 7.11 Å². The van der Waals surface area contributed by atoms with Crippen LogP contribution >= 0.6 is 23.2 Å². The van der Waals surface area contributed by atoms with Crippen molar-refractivity contribution in [1.29, 1.82) is 0 Å². The van der Waals surface area contributed by atoms with Gasteiger partial charge >= 0.3 is 0 Å². The summed E-state index contributed by atoms with van der Waals surface area (Å²) in [6.07, 6.45) is -0.411. The zero-order valence-electron chi connectivity index (χ0n) is 10.3. The molecule has 0 amide bonds. The van der Waals surface area contributed by atoms with Gasteiger partial charge in [-0.25, -0.2) is 4.98 Å². The van der Waals surface area contributed by atoms with Gasteiger partial charge in [-0.3, -0.25) is 0 Å². The Morgan fingerprint density at radius 3 is 2.79 bits per heavy atom. The number of aliphatic hydroxyl groups excluding tert-OH is 1. The van der Waals surface area contributed by atoms with E-state index in [4.69, 9.17) is 27.9 Å². The number of nitrogens with zero attached hydrogens (tertiary/aromatic N) is 1. The monoisotopic (exact) mass is 297 g/mol. The third-order valence-electron chi connectivity index (χ3n) is 2.72. The van der Waals surface area contributed by atoms with Crippen molar-refractivity contribution in [2.24, 2.45) is 0 Å². The van der Waals surface area contributed by atoms with E-state index in [0.29, 0.717) is 28.0 Å². The summed E-state index contributed by atoms with van der Waals surface area (Å²) in [6.45, 7) is 0. The maximum absolute atomic E-state index is 10.2. The lowest BCUT2D eigenvalue weighted by Crippen LogP contribution is -2.05. The highest BCUT2D eigenvalue weighted by atomic mass is 35.5. The maximum atomic E-state index is 10.2. The fourth-order valence-electron chi connectivity index (χ4n) is 1.74. The average molecular weight is 298 g/mol. The molecule has 0 saturated carbocycles. The molecule has 1 atom stereocenters. The van der Waals surface area contributed by atoms with Crippen LogP contribution < -0.4 is 4.74 Å². The molecule has 0 fully saturated rings. The molecule has 1 N–H and O–H groups in total. The summed E-state index contributed by atoms with van der Waals surface area (Å²) in [5.74, 6) is 0.466. The predicted octanol–water partition coefficient (Wildman–Crippen LogP) is 3.67. The lowest BCUT2D eigenvalue weighted by molar-refractivity contribution is 0.172. The van der Waals surface area contributed by atoms with Gasteiger partial charge in [0, 0.05) is 22.5 Å². The third-order valence-corrected chi connectivity index (χ3v) is 3.32. The fraction of sp³-hybridized carbons (Fsp3) is 0.214. The smallest absolute Gasteiger partial charge is 0.213 e. The van der Waals surface area contributed by atoms with Crippen molar-refractivity contribution in [3.8, 4) is 5.88 Å². The number of aromatic nitrogens is 1. The van der Waals surface area contributed by atoms with Crippen LogP contribution in [0.2, 0.25) is 10.0 Å². The third kappa shape index (κ3) is 3.60. The topological polar surface area (TPSA) is 42.4 Å². The number of hydrogen-bond acceptors (Lipinski definition) is 3. The average Bonchev–Trinajstić information content (AvgIpc) is 2.43. The van der Waals surface area contributed by atoms with Crippen molar-refractivity contribution in [3.05, 3.63) is 57.7 Å². The quantitative estimate of drug-likeness (QED) is 0.936. The van der Waals surface area contributed by atoms with E-state index in [1.807, 2.05) is 0 Å². The molecule has 0 bridgehead atoms. The van der Waals surface area contributed by atoms with E-state index < -0.39 is 6.10 Å². The van der Waals surface area contributed by atoms with Gasteiger partial charge in [-0.15, -0.1) is 0 Å². The normalized spacial score (nSPS) is 12.2. The molecule has 0 saturated heterocycles. The number of pyridine rings is 1. The van der Waals surface area contributed by atoms with E-state index in [1.54, 1.807) is 36.4 Å². The summed E-state index contributed by atoms with van der Waals surface area (Å²) in [5.41, 5.74) is 1.32. The number of ether oxygens (including phenoxy) is 1. The van der Waals surface area contributed by atoms with Crippen LogP contribution in [0.5, 0.6) is 5.88 Å². The summed E-state index contributed by atoms with van der Waals surface area (Å²) in [5, 5.41) is 11.4. The molecule has 2 aromatic rings. The van der Waals surface area contributed by atoms with Gasteiger partial charge in [0.2, 0.25) is 5.88 Å². The SMILES string of the molecule is COc1cccc(C(O)Cc2cc(Cl)ccc2Cl)n1. The molecular weight excluding hydrogens is 285 g/mol. The van der Waals surface area contributed by atoms with Crippen LogP contribution in [-0.2, 0) is 6.42 Å². The molecule has 0 spiro atoms. The van der Waals surface area contributed by atoms with Crippen molar-refractivity contribution < 1.29 is 9.84 Å². The molecule has 19 heavy (non-hydrogen) atoms. The lowest BCUT2D eigenvalue weighted by Gasteiger charge is -2.12. The molecule has 5 heteroatoms. The van der Waals surface area contributed by atoms with Crippen molar-refractivity contribution >= 4 is 23.2 Å². The number of rotatable bonds is 4. The van der Waals surface area contributed by atoms with Crippen LogP contribution in [0, 0.1) is 0 Å². The summed E-state index contributed by atoms with van der Waals surface area (Å²) in [4.78, 5) is 4.19. The van der Waals surface area contributed by atoms with Crippen LogP contribution in [0.1, 0.15) is 17.4 Å². The predicted molar refractivity (Wildman–Crippen MR) is 75.9 cm³/mol. The first-order valence-corrected chi connectivity index (χ1v) is 6.48. The minimum absolute atomic E-state index is 0.347. The Morgan fingerprint density at radius 2 is 2.05 bits per heavy atom. The van der Waals surface area contributed by atoms with E-state index in [9.17, 15) is 5.11 Å². The van der Waals surface area contributed by atoms with E-state index in [-0.39, 0.29) is 0 Å². The highest BCUT2D eigenvalue weighted by Crippen LogP contribution is 2.26. The Morgan fingerprint density at radius 1 is 1.26 bits per heavy atom. The standard InChI is InChI=1S/C14H13Cl2NO2/c1-19-14-4-2-3-12(17-14)13(18)8-9-7-10(15)5-6-11(9)16/h2-7,13,18H,8H2,1H3. The van der Waals surface area contributed by atoms with E-state index in [2.05, 4.69) is 4.98 Å². The first-order valence-electron chi connectivity index (χ1n) is 5.73. The highest BCUT2D eigenvalue weighted by molar-refractivity contribution is 6.33. The molecule has 100 valence electrons. The molecule has 0 radical (unpaired) electrons. The van der Waals surface area contributed by atoms with Gasteiger partial charge in [0.05, 0.1) is 12.8 Å². The highest BCUT2D eigenvalue weighted by Gasteiger charge is 2.13. The Balaban J connectivity index is 2.20. The van der Waals surface area contributed by atoms with E-state index in [1.165, 1.54) is 7.11 Å². The molecule has 1 aromatic carbocycles. The van der Waals surface area contributed by atoms with Crippen LogP contribution in [-0.4, -0.2) is 17.2 Å². The van der Waals surface area contributed by atoms with Crippen molar-refractivity contribution in [3.63, 3.8) is 0 Å². The molecule has 3 nitrogen and oxygen atoms in total. The second kappa shape index (κ2) is 6.24. The first-order chi connectivity index (χ1) is 9.10. The van der Waals surface area contributed by atoms with Crippen LogP contribution in [0.15, 0.2) is 36.4 Å². The Bertz CT molecular complexity index is 575. The van der Waals surface area contributed by atoms with E-state index >= 15 is 0 Å². The van der Waals surface area contributed by atoms with Crippen LogP contribution in [0.3, 0.4) is 0 Å². The van der Waals surface area contributed by atoms with Gasteiger partial charge < -0.3 is 9.84 Å². The minimum atomic E-state index is -0.758. The van der Waals surface area contributed by atoms with Gasteiger partial charge in [-0.2, -0.15) is 0 Å². The molecule has 0 aliphatic rings. The largest absolute Gasteiger partial charge is 0.481 e. The van der Waals surface area contributed by atoms with E-state index in [0.717, 1.165) is 5.56 Å². The number of aliphatic hydroxyl groups is 1. The molecule has 1 heterocycles. The van der Waals surface area contributed by atoms with Crippen molar-refractivity contribution in [1.82, 2.24) is 4.98 Å². The van der Waals surface area contributed by atoms with Crippen LogP contribution in [0.4, 0.5) is 0 Å². The second-order valence-electron chi connectivity index (χ2n) is 4.06. The van der Waals surface area contributed by atoms with Gasteiger partial charge in [-0.05, 0) is 29.8 Å². The fourth-order valence-corrected chi connectivity index (χ4v) is 2.13. The zero-order valence-corrected chi connectivity index (χ0v) is 11.8. The minimum Gasteiger partial charge on any atom is -0.481 e. The second-order valence-corrected chi connectivity index (χ2v) is 4.90. The molecule has 1 unspecified atom stereocenters. The molecule has 0 aliphatic carbocycles. The lowest BCUT2D eigenvalue weighted by atomic mass is 10.1. The maximum Gasteiger partial charge on any atom is 0.213 e. The summed E-state index contributed by atoms with van der Waals surface area (Å²) in [7, 11) is 1.53. The Hall–Kier alpha value is -1.29. The molecule has 1 aromatic heterocycles. The molecular formula is C14H13Cl2NO2. The number of hydrogen-bond donors (Lipinski definition) is 1. The summed E-state index contributed by atoms with van der Waals surface area (Å²) in [6, 6.07) is 10.4. The summed E-state index contributed by atoms with van der Waals surface area (Å²) < 4.78 is 5.03. The Kier molecular flexibility index (Phi) is 4.64. The first kappa shape index (κ1) is 14.1. The Labute approximate surface area is 121 Å². The van der Waals surface area contributed by atoms with Gasteiger partial charge in [0.15, 0.2) is 0 Å².